The molecule has 3 rings (SSSR count). The standard InChI is InChI=1S/C16H15BrN6/c1-10-2-7-13(19-8-10)23-16-14(18)15(20-9-21-16)22-12-5-3-11(17)4-6-12/h2-9H,18H2,1H3,(H2,19,20,21,22,23). The molecule has 0 aliphatic rings. The van der Waals surface area contributed by atoms with Crippen molar-refractivity contribution in [2.24, 2.45) is 0 Å². The molecule has 0 aliphatic heterocycles. The van der Waals surface area contributed by atoms with Crippen LogP contribution in [0.5, 0.6) is 0 Å². The van der Waals surface area contributed by atoms with E-state index in [1.54, 1.807) is 6.20 Å². The minimum absolute atomic E-state index is 0.429. The number of aromatic nitrogens is 3. The van der Waals surface area contributed by atoms with Crippen LogP contribution in [0.2, 0.25) is 0 Å². The number of benzene rings is 1. The van der Waals surface area contributed by atoms with E-state index in [0.29, 0.717) is 23.1 Å². The zero-order chi connectivity index (χ0) is 16.2. The number of nitrogens with one attached hydrogen (secondary N) is 2. The van der Waals surface area contributed by atoms with Crippen LogP contribution in [0, 0.1) is 6.92 Å². The van der Waals surface area contributed by atoms with Crippen LogP contribution >= 0.6 is 15.9 Å². The molecule has 1 aromatic carbocycles. The van der Waals surface area contributed by atoms with Gasteiger partial charge in [-0.25, -0.2) is 15.0 Å². The Balaban J connectivity index is 1.83. The van der Waals surface area contributed by atoms with E-state index in [1.807, 2.05) is 43.3 Å². The van der Waals surface area contributed by atoms with Crippen molar-refractivity contribution >= 4 is 44.8 Å². The first kappa shape index (κ1) is 15.2. The van der Waals surface area contributed by atoms with Crippen LogP contribution in [-0.2, 0) is 0 Å². The molecule has 116 valence electrons. The van der Waals surface area contributed by atoms with Gasteiger partial charge in [-0.15, -0.1) is 0 Å². The molecule has 7 heteroatoms. The maximum absolute atomic E-state index is 6.15. The number of nitrogens with zero attached hydrogens (tertiary/aromatic N) is 3. The molecule has 0 saturated heterocycles. The monoisotopic (exact) mass is 370 g/mol. The van der Waals surface area contributed by atoms with Gasteiger partial charge in [-0.05, 0) is 42.8 Å². The number of nitrogen functional groups attached to an aromatic ring is 1. The number of hydrogen-bond donors (Lipinski definition) is 3. The number of aryl methyl sites for hydroxylation is 1. The van der Waals surface area contributed by atoms with Gasteiger partial charge < -0.3 is 16.4 Å². The van der Waals surface area contributed by atoms with Crippen molar-refractivity contribution in [3.05, 3.63) is 59.0 Å². The van der Waals surface area contributed by atoms with Gasteiger partial charge in [0.15, 0.2) is 11.6 Å². The Morgan fingerprint density at radius 2 is 1.61 bits per heavy atom. The lowest BCUT2D eigenvalue weighted by Crippen LogP contribution is -2.05. The molecule has 2 aromatic heterocycles. The highest BCUT2D eigenvalue weighted by Gasteiger charge is 2.09. The first-order valence-corrected chi connectivity index (χ1v) is 7.74. The highest BCUT2D eigenvalue weighted by molar-refractivity contribution is 9.10. The Morgan fingerprint density at radius 3 is 2.26 bits per heavy atom. The van der Waals surface area contributed by atoms with E-state index in [9.17, 15) is 0 Å². The quantitative estimate of drug-likeness (QED) is 0.642. The van der Waals surface area contributed by atoms with E-state index in [1.165, 1.54) is 6.33 Å². The summed E-state index contributed by atoms with van der Waals surface area (Å²) in [6, 6.07) is 11.6. The van der Waals surface area contributed by atoms with E-state index in [0.717, 1.165) is 15.7 Å². The van der Waals surface area contributed by atoms with Crippen LogP contribution in [-0.4, -0.2) is 15.0 Å². The second-order valence-corrected chi connectivity index (χ2v) is 5.88. The lowest BCUT2D eigenvalue weighted by atomic mass is 10.3. The Bertz CT molecular complexity index is 736. The molecule has 23 heavy (non-hydrogen) atoms. The van der Waals surface area contributed by atoms with Gasteiger partial charge in [-0.3, -0.25) is 0 Å². The molecule has 0 aliphatic carbocycles. The van der Waals surface area contributed by atoms with Crippen molar-refractivity contribution in [2.45, 2.75) is 6.92 Å². The van der Waals surface area contributed by atoms with Crippen LogP contribution in [0.3, 0.4) is 0 Å². The molecule has 0 spiro atoms. The predicted molar refractivity (Wildman–Crippen MR) is 96.1 cm³/mol. The molecule has 0 amide bonds. The second-order valence-electron chi connectivity index (χ2n) is 4.96. The summed E-state index contributed by atoms with van der Waals surface area (Å²) >= 11 is 3.40. The molecule has 3 aromatic rings. The summed E-state index contributed by atoms with van der Waals surface area (Å²) < 4.78 is 1.01. The molecule has 0 fully saturated rings. The van der Waals surface area contributed by atoms with Gasteiger partial charge in [-0.1, -0.05) is 22.0 Å². The Hall–Kier alpha value is -2.67. The van der Waals surface area contributed by atoms with Crippen molar-refractivity contribution in [1.29, 1.82) is 0 Å². The molecule has 0 saturated carbocycles. The highest BCUT2D eigenvalue weighted by atomic mass is 79.9. The van der Waals surface area contributed by atoms with Gasteiger partial charge in [-0.2, -0.15) is 0 Å². The van der Waals surface area contributed by atoms with Crippen molar-refractivity contribution in [3.8, 4) is 0 Å². The SMILES string of the molecule is Cc1ccc(Nc2ncnc(Nc3ccc(Br)cc3)c2N)nc1. The number of halogens is 1. The first-order valence-electron chi connectivity index (χ1n) is 6.94. The zero-order valence-electron chi connectivity index (χ0n) is 12.4. The fourth-order valence-electron chi connectivity index (χ4n) is 1.93. The highest BCUT2D eigenvalue weighted by Crippen LogP contribution is 2.28. The fraction of sp³-hybridized carbons (Fsp3) is 0.0625. The van der Waals surface area contributed by atoms with Gasteiger partial charge in [0.1, 0.15) is 17.8 Å². The van der Waals surface area contributed by atoms with Crippen LogP contribution in [0.15, 0.2) is 53.4 Å². The molecule has 0 atom stereocenters. The Labute approximate surface area is 142 Å². The summed E-state index contributed by atoms with van der Waals surface area (Å²) in [5.74, 6) is 1.73. The fourth-order valence-corrected chi connectivity index (χ4v) is 2.19. The summed E-state index contributed by atoms with van der Waals surface area (Å²) in [5.41, 5.74) is 8.55. The Kier molecular flexibility index (Phi) is 4.38. The van der Waals surface area contributed by atoms with Gasteiger partial charge in [0.05, 0.1) is 0 Å². The lowest BCUT2D eigenvalue weighted by molar-refractivity contribution is 1.16. The molecule has 0 bridgehead atoms. The summed E-state index contributed by atoms with van der Waals surface area (Å²) in [7, 11) is 0. The lowest BCUT2D eigenvalue weighted by Gasteiger charge is -2.12. The average Bonchev–Trinajstić information content (AvgIpc) is 2.55. The molecule has 2 heterocycles. The molecular formula is C16H15BrN6. The summed E-state index contributed by atoms with van der Waals surface area (Å²) in [6.07, 6.45) is 3.23. The minimum Gasteiger partial charge on any atom is -0.393 e. The largest absolute Gasteiger partial charge is 0.393 e. The average molecular weight is 371 g/mol. The third kappa shape index (κ3) is 3.75. The summed E-state index contributed by atoms with van der Waals surface area (Å²) in [4.78, 5) is 12.7. The predicted octanol–water partition coefficient (Wildman–Crippen LogP) is 4.01. The summed E-state index contributed by atoms with van der Waals surface area (Å²) in [5, 5.41) is 6.28. The smallest absolute Gasteiger partial charge is 0.160 e. The second kappa shape index (κ2) is 6.62. The maximum atomic E-state index is 6.15. The number of nitrogens with two attached hydrogens (primary N) is 1. The van der Waals surface area contributed by atoms with Crippen molar-refractivity contribution in [1.82, 2.24) is 15.0 Å². The molecular weight excluding hydrogens is 356 g/mol. The van der Waals surface area contributed by atoms with Gasteiger partial charge in [0.25, 0.3) is 0 Å². The van der Waals surface area contributed by atoms with Gasteiger partial charge >= 0.3 is 0 Å². The zero-order valence-corrected chi connectivity index (χ0v) is 14.0. The third-order valence-corrected chi connectivity index (χ3v) is 3.68. The van der Waals surface area contributed by atoms with E-state index >= 15 is 0 Å². The Morgan fingerprint density at radius 1 is 0.913 bits per heavy atom. The topological polar surface area (TPSA) is 88.8 Å². The normalized spacial score (nSPS) is 10.3. The van der Waals surface area contributed by atoms with E-state index in [-0.39, 0.29) is 0 Å². The van der Waals surface area contributed by atoms with Gasteiger partial charge in [0, 0.05) is 16.4 Å². The maximum Gasteiger partial charge on any atom is 0.160 e. The van der Waals surface area contributed by atoms with E-state index < -0.39 is 0 Å². The van der Waals surface area contributed by atoms with E-state index in [2.05, 4.69) is 41.5 Å². The van der Waals surface area contributed by atoms with E-state index in [4.69, 9.17) is 5.73 Å². The van der Waals surface area contributed by atoms with Gasteiger partial charge in [0.2, 0.25) is 0 Å². The van der Waals surface area contributed by atoms with Crippen LogP contribution in [0.25, 0.3) is 0 Å². The number of pyridine rings is 1. The molecule has 6 nitrogen and oxygen atoms in total. The van der Waals surface area contributed by atoms with Crippen molar-refractivity contribution < 1.29 is 0 Å². The first-order chi connectivity index (χ1) is 11.1. The molecule has 4 N–H and O–H groups in total. The van der Waals surface area contributed by atoms with Crippen LogP contribution < -0.4 is 16.4 Å². The van der Waals surface area contributed by atoms with Crippen LogP contribution in [0.4, 0.5) is 28.8 Å². The van der Waals surface area contributed by atoms with Crippen LogP contribution in [0.1, 0.15) is 5.56 Å². The number of hydrogen-bond acceptors (Lipinski definition) is 6. The third-order valence-electron chi connectivity index (χ3n) is 3.15. The number of rotatable bonds is 4. The minimum atomic E-state index is 0.429. The summed E-state index contributed by atoms with van der Waals surface area (Å²) in [6.45, 7) is 1.98. The van der Waals surface area contributed by atoms with Crippen molar-refractivity contribution in [3.63, 3.8) is 0 Å². The number of anilines is 5. The molecule has 0 radical (unpaired) electrons. The molecule has 0 unspecified atom stereocenters. The van der Waals surface area contributed by atoms with Crippen molar-refractivity contribution in [2.75, 3.05) is 16.4 Å².